The molecular formula is C23H24F4N2O. The first kappa shape index (κ1) is 20.8. The van der Waals surface area contributed by atoms with Crippen LogP contribution in [0.4, 0.5) is 17.6 Å². The molecule has 160 valence electrons. The van der Waals surface area contributed by atoms with E-state index in [1.54, 1.807) is 0 Å². The van der Waals surface area contributed by atoms with Gasteiger partial charge in [0.1, 0.15) is 6.17 Å². The molecule has 3 nitrogen and oxygen atoms in total. The van der Waals surface area contributed by atoms with E-state index in [2.05, 4.69) is 11.0 Å². The summed E-state index contributed by atoms with van der Waals surface area (Å²) in [5, 5.41) is 0. The van der Waals surface area contributed by atoms with Crippen LogP contribution in [-0.2, 0) is 23.8 Å². The number of amides is 1. The van der Waals surface area contributed by atoms with Gasteiger partial charge >= 0.3 is 6.18 Å². The fourth-order valence-corrected chi connectivity index (χ4v) is 4.43. The Morgan fingerprint density at radius 3 is 2.43 bits per heavy atom. The van der Waals surface area contributed by atoms with Crippen LogP contribution in [0.5, 0.6) is 0 Å². The SMILES string of the molecule is O=C(Cc1ccc(C(F)(F)F)cc1)N1CCc2ccccc2[C@H]1CN1CC[C@H](F)C1. The zero-order valence-electron chi connectivity index (χ0n) is 16.5. The smallest absolute Gasteiger partial charge is 0.334 e. The lowest BCUT2D eigenvalue weighted by Gasteiger charge is -2.39. The summed E-state index contributed by atoms with van der Waals surface area (Å²) >= 11 is 0. The van der Waals surface area contributed by atoms with Crippen molar-refractivity contribution in [2.24, 2.45) is 0 Å². The topological polar surface area (TPSA) is 23.6 Å². The molecule has 1 saturated heterocycles. The summed E-state index contributed by atoms with van der Waals surface area (Å²) in [6.45, 7) is 2.16. The average molecular weight is 420 g/mol. The van der Waals surface area contributed by atoms with Gasteiger partial charge in [0.15, 0.2) is 0 Å². The molecular weight excluding hydrogens is 396 g/mol. The predicted octanol–water partition coefficient (Wildman–Crippen LogP) is 4.42. The third-order valence-corrected chi connectivity index (χ3v) is 6.02. The molecule has 1 amide bonds. The summed E-state index contributed by atoms with van der Waals surface area (Å²) in [6, 6.07) is 12.6. The third-order valence-electron chi connectivity index (χ3n) is 6.02. The van der Waals surface area contributed by atoms with Gasteiger partial charge in [0.25, 0.3) is 0 Å². The Morgan fingerprint density at radius 2 is 1.77 bits per heavy atom. The number of rotatable bonds is 4. The van der Waals surface area contributed by atoms with Crippen LogP contribution in [0.1, 0.15) is 34.7 Å². The number of nitrogens with zero attached hydrogens (tertiary/aromatic N) is 2. The average Bonchev–Trinajstić information content (AvgIpc) is 3.12. The van der Waals surface area contributed by atoms with Crippen molar-refractivity contribution < 1.29 is 22.4 Å². The van der Waals surface area contributed by atoms with Crippen molar-refractivity contribution in [1.29, 1.82) is 0 Å². The molecule has 2 aromatic carbocycles. The molecule has 2 atom stereocenters. The first-order valence-corrected chi connectivity index (χ1v) is 10.2. The maximum atomic E-state index is 13.7. The van der Waals surface area contributed by atoms with Gasteiger partial charge in [-0.05, 0) is 41.7 Å². The quantitative estimate of drug-likeness (QED) is 0.684. The van der Waals surface area contributed by atoms with E-state index in [0.29, 0.717) is 38.2 Å². The minimum absolute atomic E-state index is 0.0442. The van der Waals surface area contributed by atoms with Crippen LogP contribution in [0.15, 0.2) is 48.5 Å². The fraction of sp³-hybridized carbons (Fsp3) is 0.435. The number of fused-ring (bicyclic) bond motifs is 1. The number of hydrogen-bond donors (Lipinski definition) is 0. The van der Waals surface area contributed by atoms with Gasteiger partial charge in [-0.2, -0.15) is 13.2 Å². The minimum atomic E-state index is -4.39. The Labute approximate surface area is 173 Å². The molecule has 0 radical (unpaired) electrons. The molecule has 0 saturated carbocycles. The molecule has 1 fully saturated rings. The first-order valence-electron chi connectivity index (χ1n) is 10.2. The second-order valence-electron chi connectivity index (χ2n) is 8.07. The van der Waals surface area contributed by atoms with Gasteiger partial charge in [-0.25, -0.2) is 4.39 Å². The fourth-order valence-electron chi connectivity index (χ4n) is 4.43. The van der Waals surface area contributed by atoms with Crippen LogP contribution in [0.25, 0.3) is 0 Å². The lowest BCUT2D eigenvalue weighted by atomic mass is 9.91. The Hall–Kier alpha value is -2.41. The number of hydrogen-bond acceptors (Lipinski definition) is 2. The molecule has 2 aliphatic rings. The Kier molecular flexibility index (Phi) is 5.82. The number of carbonyl (C=O) groups is 1. The second kappa shape index (κ2) is 8.38. The van der Waals surface area contributed by atoms with Crippen LogP contribution < -0.4 is 0 Å². The summed E-state index contributed by atoms with van der Waals surface area (Å²) in [5.74, 6) is -0.120. The summed E-state index contributed by atoms with van der Waals surface area (Å²) in [5.41, 5.74) is 2.10. The summed E-state index contributed by atoms with van der Waals surface area (Å²) < 4.78 is 52.0. The predicted molar refractivity (Wildman–Crippen MR) is 106 cm³/mol. The van der Waals surface area contributed by atoms with E-state index in [9.17, 15) is 22.4 Å². The molecule has 0 aromatic heterocycles. The lowest BCUT2D eigenvalue weighted by molar-refractivity contribution is -0.137. The molecule has 0 N–H and O–H groups in total. The summed E-state index contributed by atoms with van der Waals surface area (Å²) in [7, 11) is 0. The van der Waals surface area contributed by atoms with E-state index >= 15 is 0 Å². The number of benzene rings is 2. The molecule has 0 spiro atoms. The number of likely N-dealkylation sites (tertiary alicyclic amines) is 1. The van der Waals surface area contributed by atoms with Crippen molar-refractivity contribution in [3.63, 3.8) is 0 Å². The highest BCUT2D eigenvalue weighted by Crippen LogP contribution is 2.33. The zero-order valence-corrected chi connectivity index (χ0v) is 16.5. The summed E-state index contributed by atoms with van der Waals surface area (Å²) in [6.07, 6.45) is -3.94. The van der Waals surface area contributed by atoms with Crippen molar-refractivity contribution >= 4 is 5.91 Å². The standard InChI is InChI=1S/C23H24F4N2O/c24-19-10-11-28(14-19)15-21-20-4-2-1-3-17(20)9-12-29(21)22(30)13-16-5-7-18(8-6-16)23(25,26)27/h1-8,19,21H,9-15H2/t19-,21+/m0/s1. The lowest BCUT2D eigenvalue weighted by Crippen LogP contribution is -2.45. The van der Waals surface area contributed by atoms with Gasteiger partial charge in [0, 0.05) is 26.2 Å². The van der Waals surface area contributed by atoms with E-state index in [1.165, 1.54) is 17.7 Å². The molecule has 2 aromatic rings. The molecule has 4 rings (SSSR count). The van der Waals surface area contributed by atoms with Gasteiger partial charge in [-0.1, -0.05) is 36.4 Å². The van der Waals surface area contributed by atoms with E-state index in [1.807, 2.05) is 23.1 Å². The Morgan fingerprint density at radius 1 is 1.03 bits per heavy atom. The second-order valence-corrected chi connectivity index (χ2v) is 8.07. The van der Waals surface area contributed by atoms with Gasteiger partial charge in [0.2, 0.25) is 5.91 Å². The van der Waals surface area contributed by atoms with Crippen LogP contribution in [0, 0.1) is 0 Å². The van der Waals surface area contributed by atoms with E-state index in [0.717, 1.165) is 24.1 Å². The third kappa shape index (κ3) is 4.51. The molecule has 0 unspecified atom stereocenters. The van der Waals surface area contributed by atoms with Crippen molar-refractivity contribution in [2.45, 2.75) is 37.7 Å². The molecule has 30 heavy (non-hydrogen) atoms. The van der Waals surface area contributed by atoms with Crippen LogP contribution >= 0.6 is 0 Å². The Bertz CT molecular complexity index is 897. The monoisotopic (exact) mass is 420 g/mol. The van der Waals surface area contributed by atoms with E-state index in [4.69, 9.17) is 0 Å². The molecule has 2 heterocycles. The van der Waals surface area contributed by atoms with Crippen molar-refractivity contribution in [1.82, 2.24) is 9.80 Å². The molecule has 0 aliphatic carbocycles. The number of halogens is 4. The highest BCUT2D eigenvalue weighted by Gasteiger charge is 2.34. The highest BCUT2D eigenvalue weighted by molar-refractivity contribution is 5.79. The first-order chi connectivity index (χ1) is 14.3. The van der Waals surface area contributed by atoms with Gasteiger partial charge < -0.3 is 4.90 Å². The van der Waals surface area contributed by atoms with Crippen LogP contribution in [-0.4, -0.2) is 48.1 Å². The molecule has 0 bridgehead atoms. The minimum Gasteiger partial charge on any atom is -0.334 e. The van der Waals surface area contributed by atoms with E-state index in [-0.39, 0.29) is 18.4 Å². The van der Waals surface area contributed by atoms with E-state index < -0.39 is 17.9 Å². The molecule has 7 heteroatoms. The van der Waals surface area contributed by atoms with Gasteiger partial charge in [-0.3, -0.25) is 9.69 Å². The number of carbonyl (C=O) groups excluding carboxylic acids is 1. The summed E-state index contributed by atoms with van der Waals surface area (Å²) in [4.78, 5) is 17.0. The van der Waals surface area contributed by atoms with Crippen LogP contribution in [0.3, 0.4) is 0 Å². The number of alkyl halides is 4. The highest BCUT2D eigenvalue weighted by atomic mass is 19.4. The zero-order chi connectivity index (χ0) is 21.3. The maximum absolute atomic E-state index is 13.7. The van der Waals surface area contributed by atoms with Crippen molar-refractivity contribution in [3.8, 4) is 0 Å². The largest absolute Gasteiger partial charge is 0.416 e. The van der Waals surface area contributed by atoms with Crippen molar-refractivity contribution in [2.75, 3.05) is 26.2 Å². The van der Waals surface area contributed by atoms with Crippen LogP contribution in [0.2, 0.25) is 0 Å². The van der Waals surface area contributed by atoms with Crippen molar-refractivity contribution in [3.05, 3.63) is 70.8 Å². The van der Waals surface area contributed by atoms with Gasteiger partial charge in [-0.15, -0.1) is 0 Å². The van der Waals surface area contributed by atoms with Gasteiger partial charge in [0.05, 0.1) is 18.0 Å². The Balaban J connectivity index is 1.52. The molecule has 2 aliphatic heterocycles. The normalized spacial score (nSPS) is 22.2. The maximum Gasteiger partial charge on any atom is 0.416 e.